The number of carboxylic acid groups (broad SMARTS) is 1. The number of aliphatic carboxylic acids is 1. The van der Waals surface area contributed by atoms with Crippen molar-refractivity contribution in [1.29, 1.82) is 0 Å². The maximum atomic E-state index is 14.8. The van der Waals surface area contributed by atoms with Crippen LogP contribution < -0.4 is 4.74 Å². The van der Waals surface area contributed by atoms with Gasteiger partial charge in [0.15, 0.2) is 0 Å². The van der Waals surface area contributed by atoms with E-state index in [2.05, 4.69) is 4.98 Å². The predicted molar refractivity (Wildman–Crippen MR) is 112 cm³/mol. The number of hydrogen-bond donors (Lipinski definition) is 1. The Morgan fingerprint density at radius 2 is 1.90 bits per heavy atom. The molecule has 2 heterocycles. The molecule has 0 radical (unpaired) electrons. The summed E-state index contributed by atoms with van der Waals surface area (Å²) < 4.78 is 20.6. The first-order valence-electron chi connectivity index (χ1n) is 9.98. The number of hydrogen-bond acceptors (Lipinski definition) is 4. The van der Waals surface area contributed by atoms with Crippen LogP contribution in [0.3, 0.4) is 0 Å². The zero-order chi connectivity index (χ0) is 20.9. The van der Waals surface area contributed by atoms with Gasteiger partial charge in [0, 0.05) is 37.3 Å². The quantitative estimate of drug-likeness (QED) is 0.634. The van der Waals surface area contributed by atoms with Gasteiger partial charge in [-0.3, -0.25) is 9.69 Å². The summed E-state index contributed by atoms with van der Waals surface area (Å²) in [4.78, 5) is 17.4. The zero-order valence-corrected chi connectivity index (χ0v) is 16.6. The van der Waals surface area contributed by atoms with E-state index in [1.54, 1.807) is 0 Å². The molecule has 154 valence electrons. The maximum Gasteiger partial charge on any atom is 0.304 e. The van der Waals surface area contributed by atoms with Crippen molar-refractivity contribution in [3.8, 4) is 17.0 Å². The van der Waals surface area contributed by atoms with Crippen molar-refractivity contribution >= 4 is 5.97 Å². The van der Waals surface area contributed by atoms with Crippen LogP contribution in [0.1, 0.15) is 23.2 Å². The molecule has 0 saturated carbocycles. The molecule has 0 unspecified atom stereocenters. The van der Waals surface area contributed by atoms with Crippen molar-refractivity contribution in [2.45, 2.75) is 26.0 Å². The molecule has 1 aliphatic rings. The van der Waals surface area contributed by atoms with Crippen LogP contribution in [0.15, 0.2) is 60.7 Å². The second-order valence-electron chi connectivity index (χ2n) is 7.39. The van der Waals surface area contributed by atoms with Crippen molar-refractivity contribution in [3.05, 3.63) is 83.3 Å². The molecule has 1 N–H and O–H groups in total. The molecule has 2 aromatic carbocycles. The number of ether oxygens (including phenoxy) is 1. The second kappa shape index (κ2) is 9.05. The van der Waals surface area contributed by atoms with Crippen LogP contribution >= 0.6 is 0 Å². The van der Waals surface area contributed by atoms with E-state index in [1.165, 1.54) is 6.07 Å². The van der Waals surface area contributed by atoms with Gasteiger partial charge < -0.3 is 9.84 Å². The molecule has 30 heavy (non-hydrogen) atoms. The minimum Gasteiger partial charge on any atom is -0.489 e. The number of nitrogens with zero attached hydrogens (tertiary/aromatic N) is 2. The number of pyridine rings is 1. The molecular weight excluding hydrogens is 383 g/mol. The predicted octanol–water partition coefficient (Wildman–Crippen LogP) is 4.30. The summed E-state index contributed by atoms with van der Waals surface area (Å²) in [5, 5.41) is 8.85. The molecule has 0 amide bonds. The van der Waals surface area contributed by atoms with Crippen molar-refractivity contribution in [2.24, 2.45) is 0 Å². The second-order valence-corrected chi connectivity index (χ2v) is 7.39. The number of rotatable bonds is 7. The highest BCUT2D eigenvalue weighted by Gasteiger charge is 2.21. The van der Waals surface area contributed by atoms with E-state index in [4.69, 9.17) is 9.84 Å². The van der Waals surface area contributed by atoms with Gasteiger partial charge in [0.05, 0.1) is 6.42 Å². The van der Waals surface area contributed by atoms with Gasteiger partial charge in [-0.15, -0.1) is 0 Å². The van der Waals surface area contributed by atoms with E-state index in [0.29, 0.717) is 37.4 Å². The SMILES string of the molecule is O=C(O)CCN1CCc2nc(-c3ccc(OCc4ccccc4)cc3)c(F)cc2C1. The first kappa shape index (κ1) is 20.0. The third kappa shape index (κ3) is 4.83. The molecule has 1 aliphatic heterocycles. The monoisotopic (exact) mass is 406 g/mol. The topological polar surface area (TPSA) is 62.7 Å². The van der Waals surface area contributed by atoms with Crippen LogP contribution in [0.5, 0.6) is 5.75 Å². The van der Waals surface area contributed by atoms with Crippen LogP contribution in [0.4, 0.5) is 4.39 Å². The Morgan fingerprint density at radius 3 is 2.63 bits per heavy atom. The summed E-state index contributed by atoms with van der Waals surface area (Å²) in [5.74, 6) is -0.474. The lowest BCUT2D eigenvalue weighted by atomic mass is 10.0. The van der Waals surface area contributed by atoms with E-state index in [0.717, 1.165) is 29.1 Å². The highest BCUT2D eigenvalue weighted by molar-refractivity contribution is 5.67. The maximum absolute atomic E-state index is 14.8. The van der Waals surface area contributed by atoms with Crippen LogP contribution in [0.25, 0.3) is 11.3 Å². The number of benzene rings is 2. The fourth-order valence-corrected chi connectivity index (χ4v) is 3.60. The molecule has 3 aromatic rings. The summed E-state index contributed by atoms with van der Waals surface area (Å²) in [5.41, 5.74) is 3.83. The molecule has 0 saturated heterocycles. The highest BCUT2D eigenvalue weighted by atomic mass is 19.1. The van der Waals surface area contributed by atoms with Crippen molar-refractivity contribution in [2.75, 3.05) is 13.1 Å². The van der Waals surface area contributed by atoms with Gasteiger partial charge in [-0.2, -0.15) is 0 Å². The van der Waals surface area contributed by atoms with Gasteiger partial charge in [-0.25, -0.2) is 9.37 Å². The number of halogens is 1. The molecule has 6 heteroatoms. The molecule has 1 aromatic heterocycles. The summed E-state index contributed by atoms with van der Waals surface area (Å²) in [6, 6.07) is 18.7. The minimum absolute atomic E-state index is 0.0853. The average Bonchev–Trinajstić information content (AvgIpc) is 2.77. The van der Waals surface area contributed by atoms with Gasteiger partial charge in [-0.05, 0) is 41.5 Å². The number of carboxylic acids is 1. The lowest BCUT2D eigenvalue weighted by Crippen LogP contribution is -2.33. The summed E-state index contributed by atoms with van der Waals surface area (Å²) in [6.45, 7) is 2.19. The van der Waals surface area contributed by atoms with E-state index in [9.17, 15) is 9.18 Å². The lowest BCUT2D eigenvalue weighted by molar-refractivity contribution is -0.137. The van der Waals surface area contributed by atoms with Gasteiger partial charge in [0.2, 0.25) is 0 Å². The Morgan fingerprint density at radius 1 is 1.13 bits per heavy atom. The van der Waals surface area contributed by atoms with Crippen LogP contribution in [0.2, 0.25) is 0 Å². The molecule has 0 atom stereocenters. The summed E-state index contributed by atoms with van der Waals surface area (Å²) >= 11 is 0. The zero-order valence-electron chi connectivity index (χ0n) is 16.6. The normalized spacial score (nSPS) is 13.6. The summed E-state index contributed by atoms with van der Waals surface area (Å²) in [6.07, 6.45) is 0.766. The smallest absolute Gasteiger partial charge is 0.304 e. The number of aromatic nitrogens is 1. The van der Waals surface area contributed by atoms with Crippen molar-refractivity contribution in [3.63, 3.8) is 0 Å². The Hall–Kier alpha value is -3.25. The number of carbonyl (C=O) groups is 1. The molecule has 4 rings (SSSR count). The molecule has 5 nitrogen and oxygen atoms in total. The van der Waals surface area contributed by atoms with E-state index in [-0.39, 0.29) is 12.2 Å². The van der Waals surface area contributed by atoms with Gasteiger partial charge in [-0.1, -0.05) is 30.3 Å². The lowest BCUT2D eigenvalue weighted by Gasteiger charge is -2.28. The molecule has 0 bridgehead atoms. The Kier molecular flexibility index (Phi) is 6.05. The van der Waals surface area contributed by atoms with Crippen LogP contribution in [-0.4, -0.2) is 34.0 Å². The highest BCUT2D eigenvalue weighted by Crippen LogP contribution is 2.28. The largest absolute Gasteiger partial charge is 0.489 e. The molecule has 0 aliphatic carbocycles. The van der Waals surface area contributed by atoms with E-state index in [1.807, 2.05) is 59.5 Å². The fourth-order valence-electron chi connectivity index (χ4n) is 3.60. The van der Waals surface area contributed by atoms with Crippen molar-refractivity contribution in [1.82, 2.24) is 9.88 Å². The van der Waals surface area contributed by atoms with Crippen LogP contribution in [0, 0.1) is 5.82 Å². The third-order valence-corrected chi connectivity index (χ3v) is 5.22. The molecule has 0 spiro atoms. The standard InChI is InChI=1S/C24H23FN2O3/c25-21-14-19-15-27(13-11-23(28)29)12-10-22(19)26-24(21)18-6-8-20(9-7-18)30-16-17-4-2-1-3-5-17/h1-9,14H,10-13,15-16H2,(H,28,29). The van der Waals surface area contributed by atoms with Crippen LogP contribution in [-0.2, 0) is 24.4 Å². The van der Waals surface area contributed by atoms with E-state index >= 15 is 0 Å². The third-order valence-electron chi connectivity index (χ3n) is 5.22. The Balaban J connectivity index is 1.45. The first-order valence-corrected chi connectivity index (χ1v) is 9.98. The Bertz CT molecular complexity index is 1020. The van der Waals surface area contributed by atoms with Gasteiger partial charge in [0.1, 0.15) is 23.9 Å². The minimum atomic E-state index is -0.823. The molecular formula is C24H23FN2O3. The first-order chi connectivity index (χ1) is 14.6. The fraction of sp³-hybridized carbons (Fsp3) is 0.250. The Labute approximate surface area is 174 Å². The average molecular weight is 406 g/mol. The van der Waals surface area contributed by atoms with Crippen molar-refractivity contribution < 1.29 is 19.0 Å². The molecule has 0 fully saturated rings. The van der Waals surface area contributed by atoms with Gasteiger partial charge in [0.25, 0.3) is 0 Å². The summed E-state index contributed by atoms with van der Waals surface area (Å²) in [7, 11) is 0. The number of fused-ring (bicyclic) bond motifs is 1. The van der Waals surface area contributed by atoms with Gasteiger partial charge >= 0.3 is 5.97 Å². The van der Waals surface area contributed by atoms with E-state index < -0.39 is 5.97 Å².